The second-order valence-corrected chi connectivity index (χ2v) is 6.75. The molecule has 0 aliphatic rings. The Morgan fingerprint density at radius 2 is 1.00 bits per heavy atom. The third kappa shape index (κ3) is 3.90. The van der Waals surface area contributed by atoms with Gasteiger partial charge in [-0.3, -0.25) is 0 Å². The Bertz CT molecular complexity index is 1030. The van der Waals surface area contributed by atoms with E-state index in [1.807, 2.05) is 24.3 Å². The van der Waals surface area contributed by atoms with Gasteiger partial charge in [-0.25, -0.2) is 23.7 Å². The van der Waals surface area contributed by atoms with Gasteiger partial charge in [0, 0.05) is 21.2 Å². The van der Waals surface area contributed by atoms with E-state index in [-0.39, 0.29) is 11.6 Å². The van der Waals surface area contributed by atoms with Gasteiger partial charge in [-0.2, -0.15) is 0 Å². The molecule has 0 radical (unpaired) electrons. The van der Waals surface area contributed by atoms with Crippen molar-refractivity contribution in [2.75, 3.05) is 0 Å². The Kier molecular flexibility index (Phi) is 4.73. The zero-order valence-electron chi connectivity index (χ0n) is 13.9. The molecule has 0 saturated heterocycles. The molecule has 1 aromatic heterocycles. The van der Waals surface area contributed by atoms with E-state index in [0.29, 0.717) is 28.6 Å². The van der Waals surface area contributed by atoms with Crippen molar-refractivity contribution in [1.82, 2.24) is 15.0 Å². The number of aromatic nitrogens is 3. The minimum atomic E-state index is -0.334. The summed E-state index contributed by atoms with van der Waals surface area (Å²) in [5.41, 5.74) is 2.13. The third-order valence-electron chi connectivity index (χ3n) is 3.92. The first-order valence-corrected chi connectivity index (χ1v) is 8.92. The van der Waals surface area contributed by atoms with Crippen molar-refractivity contribution in [3.8, 4) is 34.2 Å². The molecule has 0 aliphatic carbocycles. The van der Waals surface area contributed by atoms with E-state index in [9.17, 15) is 8.78 Å². The molecule has 0 amide bonds. The summed E-state index contributed by atoms with van der Waals surface area (Å²) in [6.45, 7) is 0. The van der Waals surface area contributed by atoms with Crippen LogP contribution >= 0.6 is 15.9 Å². The SMILES string of the molecule is Fc1ccc(-c2nc(-c3ccc(F)cc3)nc(-c3cccc(Br)c3)n2)cc1. The lowest BCUT2D eigenvalue weighted by atomic mass is 10.1. The van der Waals surface area contributed by atoms with Crippen LogP contribution in [-0.2, 0) is 0 Å². The van der Waals surface area contributed by atoms with Crippen LogP contribution in [0.25, 0.3) is 34.2 Å². The normalized spacial score (nSPS) is 10.8. The van der Waals surface area contributed by atoms with E-state index >= 15 is 0 Å². The predicted molar refractivity (Wildman–Crippen MR) is 104 cm³/mol. The van der Waals surface area contributed by atoms with Crippen LogP contribution < -0.4 is 0 Å². The van der Waals surface area contributed by atoms with Crippen LogP contribution in [0.5, 0.6) is 0 Å². The number of halogens is 3. The number of hydrogen-bond donors (Lipinski definition) is 0. The Morgan fingerprint density at radius 3 is 1.44 bits per heavy atom. The number of rotatable bonds is 3. The van der Waals surface area contributed by atoms with E-state index in [2.05, 4.69) is 30.9 Å². The van der Waals surface area contributed by atoms with Crippen molar-refractivity contribution >= 4 is 15.9 Å². The molecule has 27 heavy (non-hydrogen) atoms. The van der Waals surface area contributed by atoms with E-state index < -0.39 is 0 Å². The standard InChI is InChI=1S/C21H12BrF2N3/c22-16-3-1-2-15(12-16)21-26-19(13-4-8-17(23)9-5-13)25-20(27-21)14-6-10-18(24)11-7-14/h1-12H. The predicted octanol–water partition coefficient (Wildman–Crippen LogP) is 5.91. The minimum Gasteiger partial charge on any atom is -0.208 e. The van der Waals surface area contributed by atoms with Crippen LogP contribution in [0.1, 0.15) is 0 Å². The maximum absolute atomic E-state index is 13.3. The summed E-state index contributed by atoms with van der Waals surface area (Å²) in [5.74, 6) is 0.640. The van der Waals surface area contributed by atoms with Crippen molar-refractivity contribution in [2.24, 2.45) is 0 Å². The highest BCUT2D eigenvalue weighted by Gasteiger charge is 2.12. The van der Waals surface area contributed by atoms with Crippen molar-refractivity contribution in [3.63, 3.8) is 0 Å². The highest BCUT2D eigenvalue weighted by molar-refractivity contribution is 9.10. The largest absolute Gasteiger partial charge is 0.208 e. The minimum absolute atomic E-state index is 0.334. The third-order valence-corrected chi connectivity index (χ3v) is 4.42. The smallest absolute Gasteiger partial charge is 0.164 e. The summed E-state index contributed by atoms with van der Waals surface area (Å²) < 4.78 is 27.5. The fourth-order valence-electron chi connectivity index (χ4n) is 2.59. The second kappa shape index (κ2) is 7.32. The average molecular weight is 424 g/mol. The fraction of sp³-hybridized carbons (Fsp3) is 0. The molecular formula is C21H12BrF2N3. The Morgan fingerprint density at radius 1 is 0.556 bits per heavy atom. The summed E-state index contributed by atoms with van der Waals surface area (Å²) in [6.07, 6.45) is 0. The zero-order chi connectivity index (χ0) is 18.8. The van der Waals surface area contributed by atoms with Gasteiger partial charge in [0.1, 0.15) is 11.6 Å². The highest BCUT2D eigenvalue weighted by Crippen LogP contribution is 2.26. The monoisotopic (exact) mass is 423 g/mol. The second-order valence-electron chi connectivity index (χ2n) is 5.83. The highest BCUT2D eigenvalue weighted by atomic mass is 79.9. The van der Waals surface area contributed by atoms with Gasteiger partial charge in [0.15, 0.2) is 17.5 Å². The van der Waals surface area contributed by atoms with E-state index in [4.69, 9.17) is 0 Å². The quantitative estimate of drug-likeness (QED) is 0.410. The molecule has 0 unspecified atom stereocenters. The Labute approximate surface area is 162 Å². The van der Waals surface area contributed by atoms with E-state index in [1.165, 1.54) is 24.3 Å². The summed E-state index contributed by atoms with van der Waals surface area (Å²) in [6, 6.07) is 19.5. The average Bonchev–Trinajstić information content (AvgIpc) is 2.69. The van der Waals surface area contributed by atoms with Gasteiger partial charge in [-0.05, 0) is 60.7 Å². The Hall–Kier alpha value is -2.99. The van der Waals surface area contributed by atoms with Crippen LogP contribution in [0.15, 0.2) is 77.3 Å². The van der Waals surface area contributed by atoms with Crippen LogP contribution in [0, 0.1) is 11.6 Å². The maximum atomic E-state index is 13.3. The molecular weight excluding hydrogens is 412 g/mol. The zero-order valence-corrected chi connectivity index (χ0v) is 15.5. The van der Waals surface area contributed by atoms with Crippen molar-refractivity contribution in [3.05, 3.63) is 88.9 Å². The summed E-state index contributed by atoms with van der Waals surface area (Å²) >= 11 is 3.45. The molecule has 0 aliphatic heterocycles. The van der Waals surface area contributed by atoms with Gasteiger partial charge in [0.05, 0.1) is 0 Å². The first kappa shape index (κ1) is 17.4. The number of nitrogens with zero attached hydrogens (tertiary/aromatic N) is 3. The molecule has 132 valence electrons. The van der Waals surface area contributed by atoms with Gasteiger partial charge < -0.3 is 0 Å². The molecule has 0 N–H and O–H groups in total. The Balaban J connectivity index is 1.90. The van der Waals surface area contributed by atoms with Gasteiger partial charge in [0.2, 0.25) is 0 Å². The molecule has 6 heteroatoms. The van der Waals surface area contributed by atoms with Crippen molar-refractivity contribution in [1.29, 1.82) is 0 Å². The molecule has 4 aromatic rings. The van der Waals surface area contributed by atoms with Crippen LogP contribution in [-0.4, -0.2) is 15.0 Å². The van der Waals surface area contributed by atoms with E-state index in [1.54, 1.807) is 24.3 Å². The molecule has 0 fully saturated rings. The summed E-state index contributed by atoms with van der Waals surface area (Å²) in [4.78, 5) is 13.6. The maximum Gasteiger partial charge on any atom is 0.164 e. The van der Waals surface area contributed by atoms with Gasteiger partial charge >= 0.3 is 0 Å². The molecule has 0 spiro atoms. The topological polar surface area (TPSA) is 38.7 Å². The van der Waals surface area contributed by atoms with E-state index in [0.717, 1.165) is 10.0 Å². The summed E-state index contributed by atoms with van der Waals surface area (Å²) in [5, 5.41) is 0. The lowest BCUT2D eigenvalue weighted by Crippen LogP contribution is -2.00. The van der Waals surface area contributed by atoms with Crippen LogP contribution in [0.2, 0.25) is 0 Å². The van der Waals surface area contributed by atoms with Gasteiger partial charge in [-0.1, -0.05) is 28.1 Å². The molecule has 0 saturated carbocycles. The molecule has 1 heterocycles. The molecule has 0 atom stereocenters. The van der Waals surface area contributed by atoms with Crippen molar-refractivity contribution < 1.29 is 8.78 Å². The molecule has 3 aromatic carbocycles. The molecule has 3 nitrogen and oxygen atoms in total. The number of hydrogen-bond acceptors (Lipinski definition) is 3. The van der Waals surface area contributed by atoms with Crippen LogP contribution in [0.4, 0.5) is 8.78 Å². The molecule has 0 bridgehead atoms. The lowest BCUT2D eigenvalue weighted by molar-refractivity contribution is 0.627. The molecule has 4 rings (SSSR count). The van der Waals surface area contributed by atoms with Gasteiger partial charge in [-0.15, -0.1) is 0 Å². The van der Waals surface area contributed by atoms with Crippen molar-refractivity contribution in [2.45, 2.75) is 0 Å². The first-order valence-electron chi connectivity index (χ1n) is 8.12. The van der Waals surface area contributed by atoms with Crippen LogP contribution in [0.3, 0.4) is 0 Å². The summed E-state index contributed by atoms with van der Waals surface area (Å²) in [7, 11) is 0. The fourth-order valence-corrected chi connectivity index (χ4v) is 2.99. The number of benzene rings is 3. The first-order chi connectivity index (χ1) is 13.1. The lowest BCUT2D eigenvalue weighted by Gasteiger charge is -2.08. The van der Waals surface area contributed by atoms with Gasteiger partial charge in [0.25, 0.3) is 0 Å².